The number of carbonyl (C=O) groups excluding carboxylic acids is 1. The maximum absolute atomic E-state index is 12.9. The number of carbonyl (C=O) groups is 1. The maximum atomic E-state index is 12.9. The Bertz CT molecular complexity index is 1100. The van der Waals surface area contributed by atoms with Crippen molar-refractivity contribution in [2.75, 3.05) is 19.4 Å². The van der Waals surface area contributed by atoms with E-state index in [1.54, 1.807) is 17.7 Å². The van der Waals surface area contributed by atoms with Crippen molar-refractivity contribution in [1.82, 2.24) is 14.9 Å². The molecule has 0 saturated heterocycles. The molecule has 0 atom stereocenters. The fourth-order valence-corrected chi connectivity index (χ4v) is 4.35. The Morgan fingerprint density at radius 2 is 2.07 bits per heavy atom. The van der Waals surface area contributed by atoms with Crippen LogP contribution in [0.4, 0.5) is 0 Å². The monoisotopic (exact) mass is 489 g/mol. The average Bonchev–Trinajstić information content (AvgIpc) is 2.75. The second kappa shape index (κ2) is 10.6. The predicted octanol–water partition coefficient (Wildman–Crippen LogP) is 4.03. The van der Waals surface area contributed by atoms with Gasteiger partial charge in [0.15, 0.2) is 5.16 Å². The predicted molar refractivity (Wildman–Crippen MR) is 124 cm³/mol. The number of thioether (sulfide) groups is 1. The lowest BCUT2D eigenvalue weighted by Gasteiger charge is -2.13. The highest BCUT2D eigenvalue weighted by Crippen LogP contribution is 2.21. The number of aromatic nitrogens is 2. The van der Waals surface area contributed by atoms with Crippen molar-refractivity contribution in [3.63, 3.8) is 0 Å². The van der Waals surface area contributed by atoms with Crippen LogP contribution in [0.25, 0.3) is 10.9 Å². The molecule has 0 aliphatic rings. The van der Waals surface area contributed by atoms with Gasteiger partial charge in [0.2, 0.25) is 5.91 Å². The first-order valence-electron chi connectivity index (χ1n) is 9.75. The Hall–Kier alpha value is -2.32. The van der Waals surface area contributed by atoms with E-state index >= 15 is 0 Å². The Morgan fingerprint density at radius 1 is 1.27 bits per heavy atom. The number of hydrogen-bond acceptors (Lipinski definition) is 5. The number of benzene rings is 2. The lowest BCUT2D eigenvalue weighted by atomic mass is 10.1. The molecule has 1 amide bonds. The van der Waals surface area contributed by atoms with Crippen LogP contribution in [0.15, 0.2) is 56.9 Å². The zero-order valence-electron chi connectivity index (χ0n) is 17.0. The Labute approximate surface area is 188 Å². The van der Waals surface area contributed by atoms with Crippen LogP contribution in [0.5, 0.6) is 5.75 Å². The fourth-order valence-electron chi connectivity index (χ4n) is 3.13. The molecule has 158 valence electrons. The first-order chi connectivity index (χ1) is 14.5. The lowest BCUT2D eigenvalue weighted by Crippen LogP contribution is -2.28. The maximum Gasteiger partial charge on any atom is 0.262 e. The number of nitrogens with zero attached hydrogens (tertiary/aromatic N) is 2. The average molecular weight is 490 g/mol. The number of hydrogen-bond donors (Lipinski definition) is 1. The van der Waals surface area contributed by atoms with Gasteiger partial charge < -0.3 is 10.1 Å². The number of rotatable bonds is 9. The molecule has 30 heavy (non-hydrogen) atoms. The standard InChI is InChI=1S/C22H24BrN3O3S/c1-3-12-26-21(28)17-13-16(23)8-9-18(17)25-22(26)30-14-20(27)24-11-10-15-6-4-5-7-19(15)29-2/h4-9,13H,3,10-12,14H2,1-2H3,(H,24,27). The van der Waals surface area contributed by atoms with Crippen molar-refractivity contribution in [2.24, 2.45) is 0 Å². The molecule has 2 aromatic carbocycles. The van der Waals surface area contributed by atoms with E-state index in [9.17, 15) is 9.59 Å². The van der Waals surface area contributed by atoms with Crippen LogP contribution < -0.4 is 15.6 Å². The summed E-state index contributed by atoms with van der Waals surface area (Å²) in [6.45, 7) is 3.09. The van der Waals surface area contributed by atoms with Crippen molar-refractivity contribution in [3.8, 4) is 5.75 Å². The molecule has 0 unspecified atom stereocenters. The van der Waals surface area contributed by atoms with Crippen LogP contribution >= 0.6 is 27.7 Å². The molecule has 1 heterocycles. The zero-order chi connectivity index (χ0) is 21.5. The van der Waals surface area contributed by atoms with E-state index in [0.717, 1.165) is 22.2 Å². The van der Waals surface area contributed by atoms with Crippen LogP contribution in [0.3, 0.4) is 0 Å². The summed E-state index contributed by atoms with van der Waals surface area (Å²) in [5.41, 5.74) is 1.60. The van der Waals surface area contributed by atoms with Gasteiger partial charge in [-0.1, -0.05) is 52.8 Å². The minimum Gasteiger partial charge on any atom is -0.496 e. The Kier molecular flexibility index (Phi) is 7.93. The topological polar surface area (TPSA) is 73.2 Å². The highest BCUT2D eigenvalue weighted by Gasteiger charge is 2.13. The molecule has 1 aromatic heterocycles. The first kappa shape index (κ1) is 22.4. The van der Waals surface area contributed by atoms with E-state index < -0.39 is 0 Å². The molecule has 6 nitrogen and oxygen atoms in total. The normalized spacial score (nSPS) is 10.9. The van der Waals surface area contributed by atoms with E-state index in [1.807, 2.05) is 43.3 Å². The summed E-state index contributed by atoms with van der Waals surface area (Å²) in [5, 5.41) is 4.07. The third-order valence-electron chi connectivity index (χ3n) is 4.57. The first-order valence-corrected chi connectivity index (χ1v) is 11.5. The van der Waals surface area contributed by atoms with Gasteiger partial charge in [-0.25, -0.2) is 4.98 Å². The molecular formula is C22H24BrN3O3S. The summed E-state index contributed by atoms with van der Waals surface area (Å²) in [7, 11) is 1.64. The van der Waals surface area contributed by atoms with Gasteiger partial charge in [0.1, 0.15) is 5.75 Å². The zero-order valence-corrected chi connectivity index (χ0v) is 19.4. The second-order valence-corrected chi connectivity index (χ2v) is 8.57. The summed E-state index contributed by atoms with van der Waals surface area (Å²) in [4.78, 5) is 29.9. The third kappa shape index (κ3) is 5.43. The second-order valence-electron chi connectivity index (χ2n) is 6.71. The van der Waals surface area contributed by atoms with Crippen LogP contribution in [0.2, 0.25) is 0 Å². The van der Waals surface area contributed by atoms with Crippen LogP contribution in [0, 0.1) is 0 Å². The minimum atomic E-state index is -0.0944. The number of halogens is 1. The van der Waals surface area contributed by atoms with Gasteiger partial charge in [-0.05, 0) is 42.7 Å². The number of para-hydroxylation sites is 1. The largest absolute Gasteiger partial charge is 0.496 e. The van der Waals surface area contributed by atoms with Gasteiger partial charge in [-0.2, -0.15) is 0 Å². The lowest BCUT2D eigenvalue weighted by molar-refractivity contribution is -0.118. The molecule has 0 saturated carbocycles. The molecular weight excluding hydrogens is 466 g/mol. The number of ether oxygens (including phenoxy) is 1. The summed E-state index contributed by atoms with van der Waals surface area (Å²) >= 11 is 4.69. The van der Waals surface area contributed by atoms with Gasteiger partial charge >= 0.3 is 0 Å². The molecule has 0 fully saturated rings. The van der Waals surface area contributed by atoms with Gasteiger partial charge in [0, 0.05) is 17.6 Å². The molecule has 8 heteroatoms. The van der Waals surface area contributed by atoms with Gasteiger partial charge in [0.25, 0.3) is 5.56 Å². The fraction of sp³-hybridized carbons (Fsp3) is 0.318. The molecule has 1 N–H and O–H groups in total. The summed E-state index contributed by atoms with van der Waals surface area (Å²) in [5.74, 6) is 0.921. The quantitative estimate of drug-likeness (QED) is 0.362. The van der Waals surface area contributed by atoms with Crippen LogP contribution in [-0.2, 0) is 17.8 Å². The Morgan fingerprint density at radius 3 is 2.83 bits per heavy atom. The highest BCUT2D eigenvalue weighted by molar-refractivity contribution is 9.10. The van der Waals surface area contributed by atoms with Crippen molar-refractivity contribution >= 4 is 44.5 Å². The molecule has 0 bridgehead atoms. The summed E-state index contributed by atoms with van der Waals surface area (Å²) in [6, 6.07) is 13.2. The van der Waals surface area contributed by atoms with Crippen molar-refractivity contribution in [3.05, 3.63) is 62.9 Å². The molecule has 0 radical (unpaired) electrons. The van der Waals surface area contributed by atoms with E-state index in [2.05, 4.69) is 26.2 Å². The van der Waals surface area contributed by atoms with Crippen LogP contribution in [-0.4, -0.2) is 34.9 Å². The molecule has 3 aromatic rings. The highest BCUT2D eigenvalue weighted by atomic mass is 79.9. The van der Waals surface area contributed by atoms with Gasteiger partial charge in [-0.3, -0.25) is 14.2 Å². The smallest absolute Gasteiger partial charge is 0.262 e. The molecule has 3 rings (SSSR count). The van der Waals surface area contributed by atoms with E-state index in [4.69, 9.17) is 4.74 Å². The van der Waals surface area contributed by atoms with Crippen molar-refractivity contribution in [2.45, 2.75) is 31.5 Å². The van der Waals surface area contributed by atoms with Crippen LogP contribution in [0.1, 0.15) is 18.9 Å². The number of amides is 1. The van der Waals surface area contributed by atoms with Crippen molar-refractivity contribution < 1.29 is 9.53 Å². The van der Waals surface area contributed by atoms with E-state index in [1.165, 1.54) is 11.8 Å². The Balaban J connectivity index is 1.65. The number of methoxy groups -OCH3 is 1. The van der Waals surface area contributed by atoms with Gasteiger partial charge in [-0.15, -0.1) is 0 Å². The molecule has 0 spiro atoms. The molecule has 0 aliphatic heterocycles. The number of fused-ring (bicyclic) bond motifs is 1. The summed E-state index contributed by atoms with van der Waals surface area (Å²) in [6.07, 6.45) is 1.49. The third-order valence-corrected chi connectivity index (χ3v) is 6.04. The van der Waals surface area contributed by atoms with E-state index in [-0.39, 0.29) is 17.2 Å². The SMILES string of the molecule is CCCn1c(SCC(=O)NCCc2ccccc2OC)nc2ccc(Br)cc2c1=O. The van der Waals surface area contributed by atoms with Crippen molar-refractivity contribution in [1.29, 1.82) is 0 Å². The minimum absolute atomic E-state index is 0.0813. The number of nitrogens with one attached hydrogen (secondary N) is 1. The molecule has 0 aliphatic carbocycles. The summed E-state index contributed by atoms with van der Waals surface area (Å²) < 4.78 is 7.83. The van der Waals surface area contributed by atoms with E-state index in [0.29, 0.717) is 35.6 Å². The van der Waals surface area contributed by atoms with Gasteiger partial charge in [0.05, 0.1) is 23.8 Å².